The molecule has 41 heavy (non-hydrogen) atoms. The van der Waals surface area contributed by atoms with Gasteiger partial charge in [-0.3, -0.25) is 19.9 Å². The van der Waals surface area contributed by atoms with E-state index >= 15 is 0 Å². The van der Waals surface area contributed by atoms with E-state index in [1.165, 1.54) is 19.5 Å². The summed E-state index contributed by atoms with van der Waals surface area (Å²) in [5.41, 5.74) is 4.16. The molecule has 0 aliphatic heterocycles. The molecule has 0 spiro atoms. The summed E-state index contributed by atoms with van der Waals surface area (Å²) in [6.07, 6.45) is 5.92. The van der Waals surface area contributed by atoms with Crippen molar-refractivity contribution in [1.82, 2.24) is 25.1 Å². The number of aromatic nitrogens is 5. The quantitative estimate of drug-likeness (QED) is 0.202. The van der Waals surface area contributed by atoms with Crippen LogP contribution in [0.4, 0.5) is 5.69 Å². The highest BCUT2D eigenvalue weighted by molar-refractivity contribution is 6.35. The lowest BCUT2D eigenvalue weighted by Crippen LogP contribution is -2.14. The lowest BCUT2D eigenvalue weighted by atomic mass is 10.1. The number of hydrogen-bond donors (Lipinski definition) is 2. The van der Waals surface area contributed by atoms with E-state index in [0.29, 0.717) is 49.4 Å². The number of carbonyl (C=O) groups excluding carboxylic acids is 1. The number of fused-ring (bicyclic) bond motifs is 2. The highest BCUT2D eigenvalue weighted by Crippen LogP contribution is 2.36. The van der Waals surface area contributed by atoms with Gasteiger partial charge in [0.25, 0.3) is 5.91 Å². The number of H-pyrrole nitrogens is 1. The maximum atomic E-state index is 13.3. The molecule has 4 aromatic heterocycles. The van der Waals surface area contributed by atoms with Crippen LogP contribution in [-0.4, -0.2) is 38.2 Å². The number of hydrogen-bond acceptors (Lipinski definition) is 7. The molecule has 11 heteroatoms. The second-order valence-electron chi connectivity index (χ2n) is 9.17. The monoisotopic (exact) mass is 584 g/mol. The van der Waals surface area contributed by atoms with E-state index in [9.17, 15) is 4.79 Å². The number of ether oxygens (including phenoxy) is 2. The third-order valence-corrected chi connectivity index (χ3v) is 7.19. The number of anilines is 1. The molecule has 0 aliphatic carbocycles. The summed E-state index contributed by atoms with van der Waals surface area (Å²) in [5, 5.41) is 13.0. The van der Waals surface area contributed by atoms with Gasteiger partial charge in [-0.1, -0.05) is 41.4 Å². The zero-order chi connectivity index (χ0) is 28.5. The van der Waals surface area contributed by atoms with E-state index in [4.69, 9.17) is 32.7 Å². The molecule has 1 atom stereocenters. The second-order valence-corrected chi connectivity index (χ2v) is 9.99. The molecule has 0 radical (unpaired) electrons. The first-order valence-corrected chi connectivity index (χ1v) is 13.3. The zero-order valence-corrected chi connectivity index (χ0v) is 23.4. The number of pyridine rings is 3. The molecule has 6 aromatic rings. The van der Waals surface area contributed by atoms with Crippen LogP contribution in [0.25, 0.3) is 33.1 Å². The number of amides is 1. The van der Waals surface area contributed by atoms with Gasteiger partial charge >= 0.3 is 0 Å². The number of nitrogens with zero attached hydrogens (tertiary/aromatic N) is 4. The van der Waals surface area contributed by atoms with Gasteiger partial charge in [-0.15, -0.1) is 0 Å². The molecule has 0 unspecified atom stereocenters. The molecule has 0 saturated heterocycles. The SMILES string of the molecule is COc1ncc(-c2n[nH]c3ccc(O[C@H](C)c4c(Cl)cncc4Cl)cc23)cc1NC(=O)c1cccc2cccnc12. The van der Waals surface area contributed by atoms with Crippen LogP contribution in [0.15, 0.2) is 79.4 Å². The highest BCUT2D eigenvalue weighted by atomic mass is 35.5. The molecule has 0 aliphatic rings. The number of methoxy groups -OCH3 is 1. The lowest BCUT2D eigenvalue weighted by molar-refractivity contribution is 0.102. The van der Waals surface area contributed by atoms with E-state index in [-0.39, 0.29) is 11.8 Å². The van der Waals surface area contributed by atoms with Gasteiger partial charge in [-0.05, 0) is 43.3 Å². The van der Waals surface area contributed by atoms with Crippen molar-refractivity contribution < 1.29 is 14.3 Å². The van der Waals surface area contributed by atoms with Crippen LogP contribution in [0.3, 0.4) is 0 Å². The van der Waals surface area contributed by atoms with Crippen LogP contribution >= 0.6 is 23.2 Å². The minimum Gasteiger partial charge on any atom is -0.486 e. The van der Waals surface area contributed by atoms with Crippen LogP contribution in [-0.2, 0) is 0 Å². The molecule has 0 saturated carbocycles. The van der Waals surface area contributed by atoms with Gasteiger partial charge < -0.3 is 14.8 Å². The molecule has 1 amide bonds. The molecular weight excluding hydrogens is 563 g/mol. The Hall–Kier alpha value is -4.73. The van der Waals surface area contributed by atoms with Crippen LogP contribution in [0.5, 0.6) is 11.6 Å². The van der Waals surface area contributed by atoms with E-state index in [1.54, 1.807) is 24.5 Å². The van der Waals surface area contributed by atoms with Crippen molar-refractivity contribution >= 4 is 56.6 Å². The molecule has 2 N–H and O–H groups in total. The van der Waals surface area contributed by atoms with Crippen LogP contribution < -0.4 is 14.8 Å². The number of benzene rings is 2. The lowest BCUT2D eigenvalue weighted by Gasteiger charge is -2.17. The van der Waals surface area contributed by atoms with Crippen molar-refractivity contribution in [1.29, 1.82) is 0 Å². The van der Waals surface area contributed by atoms with Crippen molar-refractivity contribution in [3.8, 4) is 22.9 Å². The minimum absolute atomic E-state index is 0.263. The Bertz CT molecular complexity index is 1900. The molecule has 0 bridgehead atoms. The first kappa shape index (κ1) is 26.5. The van der Waals surface area contributed by atoms with Gasteiger partial charge in [0.1, 0.15) is 23.2 Å². The molecule has 6 rings (SSSR count). The highest BCUT2D eigenvalue weighted by Gasteiger charge is 2.19. The molecular formula is C30H22Cl2N6O3. The number of rotatable bonds is 7. The van der Waals surface area contributed by atoms with Crippen LogP contribution in [0.1, 0.15) is 28.9 Å². The van der Waals surface area contributed by atoms with Gasteiger partial charge in [-0.25, -0.2) is 4.98 Å². The third kappa shape index (κ3) is 5.13. The summed E-state index contributed by atoms with van der Waals surface area (Å²) in [7, 11) is 1.49. The minimum atomic E-state index is -0.432. The fourth-order valence-electron chi connectivity index (χ4n) is 4.67. The average Bonchev–Trinajstić information content (AvgIpc) is 3.40. The Morgan fingerprint density at radius 3 is 2.61 bits per heavy atom. The van der Waals surface area contributed by atoms with Crippen molar-refractivity contribution in [3.05, 3.63) is 101 Å². The first-order valence-electron chi connectivity index (χ1n) is 12.6. The Morgan fingerprint density at radius 1 is 1.00 bits per heavy atom. The number of aromatic amines is 1. The first-order chi connectivity index (χ1) is 19.9. The summed E-state index contributed by atoms with van der Waals surface area (Å²) in [4.78, 5) is 26.1. The Kier molecular flexibility index (Phi) is 7.13. The second kappa shape index (κ2) is 11.0. The molecule has 204 valence electrons. The molecule has 0 fully saturated rings. The Labute approximate surface area is 244 Å². The maximum Gasteiger partial charge on any atom is 0.258 e. The topological polar surface area (TPSA) is 115 Å². The predicted molar refractivity (Wildman–Crippen MR) is 159 cm³/mol. The standard InChI is InChI=1S/C30H22Cl2N6O3/c1-16(26-22(31)14-33-15-23(26)32)41-19-8-9-24-21(12-19)28(38-37-24)18-11-25(30(40-2)35-13-18)36-29(39)20-7-3-5-17-6-4-10-34-27(17)20/h3-16H,1-2H3,(H,36,39)(H,37,38)/t16-/m1/s1. The van der Waals surface area contributed by atoms with E-state index in [2.05, 4.69) is 30.5 Å². The number of halogens is 2. The van der Waals surface area contributed by atoms with Gasteiger partial charge in [0, 0.05) is 46.7 Å². The maximum absolute atomic E-state index is 13.3. The number of para-hydroxylation sites is 1. The van der Waals surface area contributed by atoms with Crippen molar-refractivity contribution in [3.63, 3.8) is 0 Å². The van der Waals surface area contributed by atoms with Crippen molar-refractivity contribution in [2.75, 3.05) is 12.4 Å². The summed E-state index contributed by atoms with van der Waals surface area (Å²) in [6.45, 7) is 1.86. The number of carbonyl (C=O) groups is 1. The predicted octanol–water partition coefficient (Wildman–Crippen LogP) is 7.28. The molecule has 9 nitrogen and oxygen atoms in total. The van der Waals surface area contributed by atoms with Crippen molar-refractivity contribution in [2.45, 2.75) is 13.0 Å². The largest absolute Gasteiger partial charge is 0.486 e. The fourth-order valence-corrected chi connectivity index (χ4v) is 5.34. The van der Waals surface area contributed by atoms with Crippen LogP contribution in [0.2, 0.25) is 10.0 Å². The Balaban J connectivity index is 1.33. The van der Waals surface area contributed by atoms with E-state index in [1.807, 2.05) is 49.4 Å². The Morgan fingerprint density at radius 2 is 1.80 bits per heavy atom. The fraction of sp³-hybridized carbons (Fsp3) is 0.100. The molecule has 2 aromatic carbocycles. The smallest absolute Gasteiger partial charge is 0.258 e. The van der Waals surface area contributed by atoms with Gasteiger partial charge in [-0.2, -0.15) is 5.10 Å². The molecule has 4 heterocycles. The van der Waals surface area contributed by atoms with Gasteiger partial charge in [0.05, 0.1) is 33.8 Å². The summed E-state index contributed by atoms with van der Waals surface area (Å²) < 4.78 is 11.6. The normalized spacial score (nSPS) is 11.9. The number of nitrogens with one attached hydrogen (secondary N) is 2. The van der Waals surface area contributed by atoms with Crippen LogP contribution in [0, 0.1) is 0 Å². The zero-order valence-electron chi connectivity index (χ0n) is 21.9. The third-order valence-electron chi connectivity index (χ3n) is 6.59. The van der Waals surface area contributed by atoms with Gasteiger partial charge in [0.2, 0.25) is 5.88 Å². The van der Waals surface area contributed by atoms with E-state index < -0.39 is 6.10 Å². The summed E-state index contributed by atoms with van der Waals surface area (Å²) in [5.74, 6) is 0.519. The van der Waals surface area contributed by atoms with Crippen molar-refractivity contribution in [2.24, 2.45) is 0 Å². The van der Waals surface area contributed by atoms with Gasteiger partial charge in [0.15, 0.2) is 0 Å². The summed E-state index contributed by atoms with van der Waals surface area (Å²) in [6, 6.07) is 16.5. The van der Waals surface area contributed by atoms with E-state index in [0.717, 1.165) is 16.3 Å². The summed E-state index contributed by atoms with van der Waals surface area (Å²) >= 11 is 12.6. The average molecular weight is 585 g/mol.